The van der Waals surface area contributed by atoms with E-state index in [0.29, 0.717) is 5.56 Å². The molecule has 5 heteroatoms. The van der Waals surface area contributed by atoms with E-state index in [-0.39, 0.29) is 0 Å². The number of amides is 1. The Balaban J connectivity index is 2.42. The lowest BCUT2D eigenvalue weighted by molar-refractivity contribution is 0.100. The quantitative estimate of drug-likeness (QED) is 0.803. The molecule has 0 spiro atoms. The van der Waals surface area contributed by atoms with Crippen molar-refractivity contribution in [2.75, 3.05) is 32.5 Å². The highest BCUT2D eigenvalue weighted by atomic mass is 16.1. The molecule has 5 nitrogen and oxygen atoms in total. The number of nitrogens with zero attached hydrogens (tertiary/aromatic N) is 2. The molecule has 1 aromatic heterocycles. The molecule has 0 atom stereocenters. The van der Waals surface area contributed by atoms with Gasteiger partial charge in [-0.25, -0.2) is 0 Å². The summed E-state index contributed by atoms with van der Waals surface area (Å²) in [6.45, 7) is 5.84. The van der Waals surface area contributed by atoms with E-state index in [0.717, 1.165) is 47.2 Å². The minimum absolute atomic E-state index is 0.447. The Morgan fingerprint density at radius 3 is 2.68 bits per heavy atom. The molecule has 0 unspecified atom stereocenters. The number of nitrogens with two attached hydrogens (primary N) is 1. The number of aryl methyl sites for hydroxylation is 2. The molecule has 1 amide bonds. The number of primary amides is 1. The molecule has 0 radical (unpaired) electrons. The molecule has 118 valence electrons. The summed E-state index contributed by atoms with van der Waals surface area (Å²) in [6.07, 6.45) is 2.56. The van der Waals surface area contributed by atoms with Gasteiger partial charge in [0.15, 0.2) is 0 Å². The Morgan fingerprint density at radius 1 is 1.32 bits per heavy atom. The fourth-order valence-electron chi connectivity index (χ4n) is 2.65. The highest BCUT2D eigenvalue weighted by Gasteiger charge is 2.14. The van der Waals surface area contributed by atoms with Crippen molar-refractivity contribution in [2.45, 2.75) is 20.3 Å². The Bertz CT molecular complexity index is 695. The van der Waals surface area contributed by atoms with Gasteiger partial charge in [0.25, 0.3) is 5.91 Å². The third-order valence-electron chi connectivity index (χ3n) is 3.66. The number of benzene rings is 1. The van der Waals surface area contributed by atoms with Gasteiger partial charge >= 0.3 is 0 Å². The number of hydrogen-bond acceptors (Lipinski definition) is 4. The van der Waals surface area contributed by atoms with Gasteiger partial charge in [-0.1, -0.05) is 11.6 Å². The number of pyridine rings is 1. The summed E-state index contributed by atoms with van der Waals surface area (Å²) in [6, 6.07) is 4.14. The summed E-state index contributed by atoms with van der Waals surface area (Å²) >= 11 is 0. The first-order valence-corrected chi connectivity index (χ1v) is 7.48. The smallest absolute Gasteiger partial charge is 0.252 e. The second-order valence-electron chi connectivity index (χ2n) is 5.97. The first kappa shape index (κ1) is 16.2. The third kappa shape index (κ3) is 3.54. The van der Waals surface area contributed by atoms with Crippen LogP contribution in [-0.4, -0.2) is 43.0 Å². The molecule has 0 saturated heterocycles. The van der Waals surface area contributed by atoms with Gasteiger partial charge in [0, 0.05) is 18.1 Å². The van der Waals surface area contributed by atoms with E-state index in [9.17, 15) is 4.79 Å². The van der Waals surface area contributed by atoms with E-state index in [1.54, 1.807) is 6.20 Å². The molecule has 2 rings (SSSR count). The van der Waals surface area contributed by atoms with Gasteiger partial charge in [-0.2, -0.15) is 0 Å². The van der Waals surface area contributed by atoms with E-state index in [1.807, 2.05) is 27.9 Å². The van der Waals surface area contributed by atoms with Gasteiger partial charge in [-0.15, -0.1) is 0 Å². The predicted octanol–water partition coefficient (Wildman–Crippen LogP) is 2.31. The molecule has 0 saturated carbocycles. The van der Waals surface area contributed by atoms with Crippen molar-refractivity contribution in [3.05, 3.63) is 35.0 Å². The molecule has 1 heterocycles. The van der Waals surface area contributed by atoms with Gasteiger partial charge in [0.1, 0.15) is 0 Å². The van der Waals surface area contributed by atoms with Gasteiger partial charge in [0.2, 0.25) is 0 Å². The molecule has 1 aromatic carbocycles. The number of rotatable bonds is 6. The lowest BCUT2D eigenvalue weighted by atomic mass is 10.0. The van der Waals surface area contributed by atoms with Gasteiger partial charge in [-0.3, -0.25) is 9.78 Å². The Labute approximate surface area is 131 Å². The molecule has 22 heavy (non-hydrogen) atoms. The molecule has 0 bridgehead atoms. The molecular weight excluding hydrogens is 276 g/mol. The van der Waals surface area contributed by atoms with Crippen LogP contribution in [0.25, 0.3) is 10.9 Å². The van der Waals surface area contributed by atoms with Crippen LogP contribution in [0.5, 0.6) is 0 Å². The van der Waals surface area contributed by atoms with Crippen LogP contribution in [-0.2, 0) is 0 Å². The van der Waals surface area contributed by atoms with E-state index in [4.69, 9.17) is 5.73 Å². The summed E-state index contributed by atoms with van der Waals surface area (Å²) < 4.78 is 0. The Hall–Kier alpha value is -2.14. The van der Waals surface area contributed by atoms with Crippen molar-refractivity contribution in [1.29, 1.82) is 0 Å². The first-order valence-electron chi connectivity index (χ1n) is 7.48. The molecule has 0 aliphatic carbocycles. The molecule has 3 N–H and O–H groups in total. The van der Waals surface area contributed by atoms with Crippen molar-refractivity contribution in [3.8, 4) is 0 Å². The van der Waals surface area contributed by atoms with Crippen molar-refractivity contribution in [2.24, 2.45) is 5.73 Å². The van der Waals surface area contributed by atoms with Crippen molar-refractivity contribution in [1.82, 2.24) is 9.88 Å². The standard InChI is InChI=1S/C17H24N4O/c1-11-8-12(2)15-13(9-11)16(14(10-20-15)17(18)22)19-6-5-7-21(3)4/h8-10H,5-7H2,1-4H3,(H2,18,22)(H,19,20). The van der Waals surface area contributed by atoms with Crippen LogP contribution >= 0.6 is 0 Å². The maximum Gasteiger partial charge on any atom is 0.252 e. The maximum absolute atomic E-state index is 11.7. The largest absolute Gasteiger partial charge is 0.384 e. The summed E-state index contributed by atoms with van der Waals surface area (Å²) in [4.78, 5) is 18.3. The summed E-state index contributed by atoms with van der Waals surface area (Å²) in [5, 5.41) is 4.34. The summed E-state index contributed by atoms with van der Waals surface area (Å²) in [5.74, 6) is -0.455. The molecule has 0 fully saturated rings. The fourth-order valence-corrected chi connectivity index (χ4v) is 2.65. The van der Waals surface area contributed by atoms with Crippen LogP contribution in [0.15, 0.2) is 18.3 Å². The zero-order chi connectivity index (χ0) is 16.3. The van der Waals surface area contributed by atoms with Crippen LogP contribution in [0, 0.1) is 13.8 Å². The molecule has 2 aromatic rings. The van der Waals surface area contributed by atoms with Gasteiger partial charge in [-0.05, 0) is 52.5 Å². The molecular formula is C17H24N4O. The monoisotopic (exact) mass is 300 g/mol. The Morgan fingerprint density at radius 2 is 2.05 bits per heavy atom. The minimum atomic E-state index is -0.455. The van der Waals surface area contributed by atoms with Crippen LogP contribution in [0.4, 0.5) is 5.69 Å². The van der Waals surface area contributed by atoms with Crippen molar-refractivity contribution < 1.29 is 4.79 Å². The number of anilines is 1. The molecule has 0 aliphatic heterocycles. The maximum atomic E-state index is 11.7. The average Bonchev–Trinajstić information content (AvgIpc) is 2.42. The van der Waals surface area contributed by atoms with Crippen molar-refractivity contribution >= 4 is 22.5 Å². The highest BCUT2D eigenvalue weighted by Crippen LogP contribution is 2.29. The second kappa shape index (κ2) is 6.75. The lowest BCUT2D eigenvalue weighted by Gasteiger charge is -2.15. The number of carbonyl (C=O) groups is 1. The predicted molar refractivity (Wildman–Crippen MR) is 91.4 cm³/mol. The minimum Gasteiger partial charge on any atom is -0.384 e. The number of hydrogen-bond donors (Lipinski definition) is 2. The van der Waals surface area contributed by atoms with Crippen LogP contribution in [0.1, 0.15) is 27.9 Å². The second-order valence-corrected chi connectivity index (χ2v) is 5.97. The zero-order valence-corrected chi connectivity index (χ0v) is 13.7. The summed E-state index contributed by atoms with van der Waals surface area (Å²) in [5.41, 5.74) is 9.90. The fraction of sp³-hybridized carbons (Fsp3) is 0.412. The van der Waals surface area contributed by atoms with Crippen LogP contribution in [0.3, 0.4) is 0 Å². The highest BCUT2D eigenvalue weighted by molar-refractivity contribution is 6.07. The van der Waals surface area contributed by atoms with E-state index in [1.165, 1.54) is 0 Å². The van der Waals surface area contributed by atoms with E-state index < -0.39 is 5.91 Å². The lowest BCUT2D eigenvalue weighted by Crippen LogP contribution is -2.19. The first-order chi connectivity index (χ1) is 10.4. The summed E-state index contributed by atoms with van der Waals surface area (Å²) in [7, 11) is 4.09. The van der Waals surface area contributed by atoms with Crippen molar-refractivity contribution in [3.63, 3.8) is 0 Å². The third-order valence-corrected chi connectivity index (χ3v) is 3.66. The average molecular weight is 300 g/mol. The molecule has 0 aliphatic rings. The SMILES string of the molecule is Cc1cc(C)c2ncc(C(N)=O)c(NCCCN(C)C)c2c1. The van der Waals surface area contributed by atoms with E-state index >= 15 is 0 Å². The van der Waals surface area contributed by atoms with Crippen LogP contribution < -0.4 is 11.1 Å². The van der Waals surface area contributed by atoms with E-state index in [2.05, 4.69) is 27.3 Å². The number of carbonyl (C=O) groups excluding carboxylic acids is 1. The Kier molecular flexibility index (Phi) is 4.98. The van der Waals surface area contributed by atoms with Gasteiger partial charge in [0.05, 0.1) is 16.8 Å². The number of nitrogens with one attached hydrogen (secondary N) is 1. The normalized spacial score (nSPS) is 11.1. The van der Waals surface area contributed by atoms with Gasteiger partial charge < -0.3 is 16.0 Å². The topological polar surface area (TPSA) is 71.2 Å². The number of aromatic nitrogens is 1. The van der Waals surface area contributed by atoms with Crippen LogP contribution in [0.2, 0.25) is 0 Å². The zero-order valence-electron chi connectivity index (χ0n) is 13.7. The number of fused-ring (bicyclic) bond motifs is 1.